The van der Waals surface area contributed by atoms with Crippen LogP contribution in [0, 0.1) is 5.82 Å². The minimum atomic E-state index is -0.792. The maximum atomic E-state index is 12.9. The Bertz CT molecular complexity index is 990. The van der Waals surface area contributed by atoms with Crippen molar-refractivity contribution < 1.29 is 13.9 Å². The highest BCUT2D eigenvalue weighted by Crippen LogP contribution is 2.14. The number of rotatable bonds is 7. The first-order valence-electron chi connectivity index (χ1n) is 8.71. The van der Waals surface area contributed by atoms with Crippen LogP contribution in [0.4, 0.5) is 4.39 Å². The number of carbonyl (C=O) groups excluding carboxylic acids is 1. The van der Waals surface area contributed by atoms with Crippen LogP contribution in [0.2, 0.25) is 0 Å². The van der Waals surface area contributed by atoms with Gasteiger partial charge in [-0.05, 0) is 49.4 Å². The molecule has 2 heterocycles. The molecule has 1 N–H and O–H groups in total. The first-order chi connectivity index (χ1) is 13.5. The average molecular weight is 382 g/mol. The molecule has 0 saturated carbocycles. The summed E-state index contributed by atoms with van der Waals surface area (Å²) in [5.41, 5.74) is 0.994. The number of amides is 1. The molecule has 144 valence electrons. The zero-order valence-electron chi connectivity index (χ0n) is 15.2. The molecular weight excluding hydrogens is 363 g/mol. The number of carbonyl (C=O) groups is 1. The zero-order valence-corrected chi connectivity index (χ0v) is 15.2. The van der Waals surface area contributed by atoms with Gasteiger partial charge in [0.1, 0.15) is 24.2 Å². The fourth-order valence-electron chi connectivity index (χ4n) is 2.51. The van der Waals surface area contributed by atoms with Crippen LogP contribution in [0.15, 0.2) is 65.7 Å². The van der Waals surface area contributed by atoms with Crippen molar-refractivity contribution in [1.29, 1.82) is 0 Å². The number of hydrogen-bond donors (Lipinski definition) is 1. The van der Waals surface area contributed by atoms with E-state index in [2.05, 4.69) is 15.4 Å². The third-order valence-corrected chi connectivity index (χ3v) is 4.03. The lowest BCUT2D eigenvalue weighted by Crippen LogP contribution is -2.38. The molecule has 28 heavy (non-hydrogen) atoms. The monoisotopic (exact) mass is 382 g/mol. The van der Waals surface area contributed by atoms with E-state index in [1.165, 1.54) is 30.3 Å². The molecule has 0 saturated heterocycles. The van der Waals surface area contributed by atoms with Gasteiger partial charge in [0.25, 0.3) is 5.56 Å². The molecule has 0 fully saturated rings. The second kappa shape index (κ2) is 8.90. The van der Waals surface area contributed by atoms with Gasteiger partial charge in [0.15, 0.2) is 0 Å². The Labute approximate surface area is 160 Å². The van der Waals surface area contributed by atoms with Gasteiger partial charge in [0, 0.05) is 24.0 Å². The van der Waals surface area contributed by atoms with Crippen LogP contribution in [0.25, 0.3) is 11.3 Å². The summed E-state index contributed by atoms with van der Waals surface area (Å²) in [5, 5.41) is 7.00. The van der Waals surface area contributed by atoms with Crippen molar-refractivity contribution in [3.8, 4) is 17.0 Å². The summed E-state index contributed by atoms with van der Waals surface area (Å²) < 4.78 is 19.4. The van der Waals surface area contributed by atoms with Gasteiger partial charge in [0.2, 0.25) is 5.91 Å². The number of benzene rings is 1. The van der Waals surface area contributed by atoms with Crippen molar-refractivity contribution >= 4 is 5.91 Å². The number of halogens is 1. The highest BCUT2D eigenvalue weighted by Gasteiger charge is 2.17. The molecule has 0 radical (unpaired) electrons. The van der Waals surface area contributed by atoms with Gasteiger partial charge in [-0.25, -0.2) is 9.07 Å². The van der Waals surface area contributed by atoms with E-state index >= 15 is 0 Å². The van der Waals surface area contributed by atoms with E-state index < -0.39 is 6.04 Å². The van der Waals surface area contributed by atoms with Gasteiger partial charge in [-0.15, -0.1) is 0 Å². The number of ether oxygens (including phenoxy) is 1. The lowest BCUT2D eigenvalue weighted by molar-refractivity contribution is -0.124. The Morgan fingerprint density at radius 3 is 2.57 bits per heavy atom. The molecule has 0 aliphatic rings. The van der Waals surface area contributed by atoms with Gasteiger partial charge in [0.05, 0.1) is 12.2 Å². The van der Waals surface area contributed by atoms with Crippen molar-refractivity contribution in [2.75, 3.05) is 13.2 Å². The second-order valence-electron chi connectivity index (χ2n) is 6.01. The number of pyridine rings is 1. The first-order valence-corrected chi connectivity index (χ1v) is 8.71. The second-order valence-corrected chi connectivity index (χ2v) is 6.01. The van der Waals surface area contributed by atoms with Crippen molar-refractivity contribution in [2.24, 2.45) is 0 Å². The van der Waals surface area contributed by atoms with Crippen LogP contribution >= 0.6 is 0 Å². The molecule has 0 spiro atoms. The highest BCUT2D eigenvalue weighted by molar-refractivity contribution is 5.79. The number of nitrogens with zero attached hydrogens (tertiary/aromatic N) is 3. The SMILES string of the molecule is CC(C(=O)NCCOc1ccc(F)cc1)n1nc(-c2ccncc2)ccc1=O. The molecule has 0 bridgehead atoms. The van der Waals surface area contributed by atoms with E-state index in [0.29, 0.717) is 11.4 Å². The standard InChI is InChI=1S/C20H19FN4O3/c1-14(20(27)23-12-13-28-17-4-2-16(21)3-5-17)25-19(26)7-6-18(24-25)15-8-10-22-11-9-15/h2-11,14H,12-13H2,1H3,(H,23,27). The fourth-order valence-corrected chi connectivity index (χ4v) is 2.51. The molecule has 3 aromatic rings. The summed E-state index contributed by atoms with van der Waals surface area (Å²) >= 11 is 0. The number of nitrogens with one attached hydrogen (secondary N) is 1. The minimum Gasteiger partial charge on any atom is -0.492 e. The molecule has 1 aromatic carbocycles. The van der Waals surface area contributed by atoms with Gasteiger partial charge >= 0.3 is 0 Å². The average Bonchev–Trinajstić information content (AvgIpc) is 2.73. The van der Waals surface area contributed by atoms with Crippen molar-refractivity contribution in [2.45, 2.75) is 13.0 Å². The smallest absolute Gasteiger partial charge is 0.267 e. The van der Waals surface area contributed by atoms with Gasteiger partial charge in [-0.3, -0.25) is 14.6 Å². The van der Waals surface area contributed by atoms with E-state index in [9.17, 15) is 14.0 Å². The van der Waals surface area contributed by atoms with Crippen LogP contribution in [0.3, 0.4) is 0 Å². The lowest BCUT2D eigenvalue weighted by atomic mass is 10.2. The third-order valence-electron chi connectivity index (χ3n) is 4.03. The summed E-state index contributed by atoms with van der Waals surface area (Å²) in [6.07, 6.45) is 3.26. The summed E-state index contributed by atoms with van der Waals surface area (Å²) in [6, 6.07) is 11.3. The molecule has 2 aromatic heterocycles. The molecule has 8 heteroatoms. The Hall–Kier alpha value is -3.55. The van der Waals surface area contributed by atoms with Gasteiger partial charge < -0.3 is 10.1 Å². The third kappa shape index (κ3) is 4.79. The van der Waals surface area contributed by atoms with Crippen LogP contribution < -0.4 is 15.6 Å². The zero-order chi connectivity index (χ0) is 19.9. The molecule has 0 aliphatic heterocycles. The van der Waals surface area contributed by atoms with E-state index in [1.54, 1.807) is 37.5 Å². The van der Waals surface area contributed by atoms with E-state index in [-0.39, 0.29) is 30.4 Å². The molecular formula is C20H19FN4O3. The lowest BCUT2D eigenvalue weighted by Gasteiger charge is -2.15. The Balaban J connectivity index is 1.59. The van der Waals surface area contributed by atoms with Crippen molar-refractivity contribution in [3.63, 3.8) is 0 Å². The Morgan fingerprint density at radius 2 is 1.86 bits per heavy atom. The number of aromatic nitrogens is 3. The maximum Gasteiger partial charge on any atom is 0.267 e. The summed E-state index contributed by atoms with van der Waals surface area (Å²) in [6.45, 7) is 2.05. The number of hydrogen-bond acceptors (Lipinski definition) is 5. The van der Waals surface area contributed by atoms with Gasteiger partial charge in [-0.1, -0.05) is 0 Å². The maximum absolute atomic E-state index is 12.9. The summed E-state index contributed by atoms with van der Waals surface area (Å²) in [4.78, 5) is 28.5. The molecule has 1 amide bonds. The normalized spacial score (nSPS) is 11.6. The molecule has 7 nitrogen and oxygen atoms in total. The predicted octanol–water partition coefficient (Wildman–Crippen LogP) is 2.20. The van der Waals surface area contributed by atoms with Crippen LogP contribution in [-0.2, 0) is 4.79 Å². The van der Waals surface area contributed by atoms with Crippen LogP contribution in [0.5, 0.6) is 5.75 Å². The molecule has 1 unspecified atom stereocenters. The first kappa shape index (κ1) is 19.2. The van der Waals surface area contributed by atoms with E-state index in [4.69, 9.17) is 4.74 Å². The highest BCUT2D eigenvalue weighted by atomic mass is 19.1. The topological polar surface area (TPSA) is 86.1 Å². The van der Waals surface area contributed by atoms with Crippen LogP contribution in [-0.4, -0.2) is 33.8 Å². The minimum absolute atomic E-state index is 0.212. The fraction of sp³-hybridized carbons (Fsp3) is 0.200. The van der Waals surface area contributed by atoms with E-state index in [1.807, 2.05) is 0 Å². The van der Waals surface area contributed by atoms with Crippen molar-refractivity contribution in [1.82, 2.24) is 20.1 Å². The van der Waals surface area contributed by atoms with Gasteiger partial charge in [-0.2, -0.15) is 5.10 Å². The molecule has 1 atom stereocenters. The largest absolute Gasteiger partial charge is 0.492 e. The van der Waals surface area contributed by atoms with Crippen molar-refractivity contribution in [3.05, 3.63) is 77.1 Å². The summed E-state index contributed by atoms with van der Waals surface area (Å²) in [7, 11) is 0. The molecule has 0 aliphatic carbocycles. The molecule has 3 rings (SSSR count). The predicted molar refractivity (Wildman–Crippen MR) is 101 cm³/mol. The summed E-state index contributed by atoms with van der Waals surface area (Å²) in [5.74, 6) is -0.197. The Morgan fingerprint density at radius 1 is 1.14 bits per heavy atom. The van der Waals surface area contributed by atoms with E-state index in [0.717, 1.165) is 10.2 Å². The van der Waals surface area contributed by atoms with Crippen LogP contribution in [0.1, 0.15) is 13.0 Å². The Kier molecular flexibility index (Phi) is 6.11. The quantitative estimate of drug-likeness (QED) is 0.633.